The summed E-state index contributed by atoms with van der Waals surface area (Å²) in [7, 11) is 1.20. The quantitative estimate of drug-likeness (QED) is 0.340. The first-order chi connectivity index (χ1) is 7.10. The van der Waals surface area contributed by atoms with E-state index in [9.17, 15) is 9.90 Å². The number of anilines is 1. The normalized spacial score (nSPS) is 9.33. The van der Waals surface area contributed by atoms with Crippen molar-refractivity contribution in [3.8, 4) is 11.2 Å². The molecule has 0 saturated heterocycles. The van der Waals surface area contributed by atoms with Crippen LogP contribution in [0.3, 0.4) is 0 Å². The number of benzene rings is 1. The van der Waals surface area contributed by atoms with E-state index in [0.29, 0.717) is 4.90 Å². The Morgan fingerprint density at radius 3 is 2.87 bits per heavy atom. The summed E-state index contributed by atoms with van der Waals surface area (Å²) in [6, 6.07) is 2.54. The van der Waals surface area contributed by atoms with Gasteiger partial charge in [0, 0.05) is 11.0 Å². The maximum atomic E-state index is 11.2. The average Bonchev–Trinajstić information content (AvgIpc) is 2.21. The zero-order valence-electron chi connectivity index (χ0n) is 7.85. The molecular weight excluding hydrogens is 216 g/mol. The molecule has 0 aliphatic heterocycles. The van der Waals surface area contributed by atoms with Gasteiger partial charge >= 0.3 is 5.97 Å². The van der Waals surface area contributed by atoms with E-state index in [1.807, 2.05) is 5.40 Å². The number of hydrogen-bond acceptors (Lipinski definition) is 6. The van der Waals surface area contributed by atoms with Gasteiger partial charge in [0.25, 0.3) is 0 Å². The second-order valence-corrected chi connectivity index (χ2v) is 3.42. The molecule has 15 heavy (non-hydrogen) atoms. The van der Waals surface area contributed by atoms with E-state index in [-0.39, 0.29) is 17.0 Å². The second-order valence-electron chi connectivity index (χ2n) is 2.59. The minimum Gasteiger partial charge on any atom is -0.507 e. The number of phenols is 1. The Morgan fingerprint density at radius 2 is 2.33 bits per heavy atom. The van der Waals surface area contributed by atoms with Crippen LogP contribution < -0.4 is 5.73 Å². The number of phenolic OH excluding ortho intramolecular Hbond substituents is 1. The number of ether oxygens (including phenoxy) is 1. The summed E-state index contributed by atoms with van der Waals surface area (Å²) in [5, 5.41) is 19.7. The van der Waals surface area contributed by atoms with Crippen molar-refractivity contribution in [3.05, 3.63) is 17.7 Å². The number of carbonyl (C=O) groups is 1. The molecule has 0 aromatic heterocycles. The molecule has 1 rings (SSSR count). The van der Waals surface area contributed by atoms with Gasteiger partial charge in [-0.1, -0.05) is 0 Å². The first-order valence-corrected chi connectivity index (χ1v) is 4.68. The van der Waals surface area contributed by atoms with Gasteiger partial charge in [-0.25, -0.2) is 4.79 Å². The lowest BCUT2D eigenvalue weighted by Gasteiger charge is -2.06. The number of nitrogens with zero attached hydrogens (tertiary/aromatic N) is 1. The first kappa shape index (κ1) is 11.2. The summed E-state index contributed by atoms with van der Waals surface area (Å²) in [6.07, 6.45) is 0. The van der Waals surface area contributed by atoms with Crippen LogP contribution >= 0.6 is 11.8 Å². The van der Waals surface area contributed by atoms with Gasteiger partial charge in [0.2, 0.25) is 0 Å². The highest BCUT2D eigenvalue weighted by atomic mass is 32.2. The predicted molar refractivity (Wildman–Crippen MR) is 55.3 cm³/mol. The standard InChI is InChI=1S/C9H8N2O3S/c1-14-9(13)5-2-8(15-4-10)6(11)3-7(5)12/h2-3,12H,11H2,1H3. The maximum absolute atomic E-state index is 11.2. The molecule has 0 aliphatic rings. The van der Waals surface area contributed by atoms with Gasteiger partial charge in [0.1, 0.15) is 16.7 Å². The Balaban J connectivity index is 3.24. The molecular formula is C9H8N2O3S. The first-order valence-electron chi connectivity index (χ1n) is 3.87. The second kappa shape index (κ2) is 4.57. The van der Waals surface area contributed by atoms with E-state index < -0.39 is 5.97 Å². The molecule has 1 aromatic carbocycles. The largest absolute Gasteiger partial charge is 0.507 e. The number of aromatic hydroxyl groups is 1. The van der Waals surface area contributed by atoms with Crippen LogP contribution in [0, 0.1) is 10.7 Å². The van der Waals surface area contributed by atoms with E-state index in [0.717, 1.165) is 11.8 Å². The van der Waals surface area contributed by atoms with Crippen LogP contribution in [0.4, 0.5) is 5.69 Å². The molecule has 0 bridgehead atoms. The lowest BCUT2D eigenvalue weighted by molar-refractivity contribution is 0.0597. The van der Waals surface area contributed by atoms with Gasteiger partial charge in [-0.3, -0.25) is 0 Å². The molecule has 0 atom stereocenters. The van der Waals surface area contributed by atoms with Gasteiger partial charge in [-0.15, -0.1) is 0 Å². The predicted octanol–water partition coefficient (Wildman–Crippen LogP) is 1.33. The van der Waals surface area contributed by atoms with Crippen molar-refractivity contribution in [1.82, 2.24) is 0 Å². The molecule has 0 unspecified atom stereocenters. The summed E-state index contributed by atoms with van der Waals surface area (Å²) in [4.78, 5) is 11.6. The SMILES string of the molecule is COC(=O)c1cc(SC#N)c(N)cc1O. The van der Waals surface area contributed by atoms with Gasteiger partial charge in [0.15, 0.2) is 0 Å². The lowest BCUT2D eigenvalue weighted by atomic mass is 10.2. The maximum Gasteiger partial charge on any atom is 0.341 e. The third kappa shape index (κ3) is 2.33. The van der Waals surface area contributed by atoms with Crippen LogP contribution in [-0.2, 0) is 4.74 Å². The Morgan fingerprint density at radius 1 is 1.67 bits per heavy atom. The van der Waals surface area contributed by atoms with Crippen molar-refractivity contribution in [2.45, 2.75) is 4.90 Å². The monoisotopic (exact) mass is 224 g/mol. The van der Waals surface area contributed by atoms with Crippen molar-refractivity contribution in [2.75, 3.05) is 12.8 Å². The van der Waals surface area contributed by atoms with E-state index >= 15 is 0 Å². The highest BCUT2D eigenvalue weighted by Crippen LogP contribution is 2.31. The van der Waals surface area contributed by atoms with Crippen molar-refractivity contribution in [2.24, 2.45) is 0 Å². The van der Waals surface area contributed by atoms with Crippen molar-refractivity contribution in [3.63, 3.8) is 0 Å². The number of rotatable bonds is 2. The molecule has 0 fully saturated rings. The average molecular weight is 224 g/mol. The molecule has 0 radical (unpaired) electrons. The topological polar surface area (TPSA) is 96.3 Å². The van der Waals surface area contributed by atoms with E-state index in [2.05, 4.69) is 4.74 Å². The minimum absolute atomic E-state index is 0.00977. The fraction of sp³-hybridized carbons (Fsp3) is 0.111. The van der Waals surface area contributed by atoms with E-state index in [1.165, 1.54) is 19.2 Å². The smallest absolute Gasteiger partial charge is 0.341 e. The molecule has 0 heterocycles. The number of hydrogen-bond donors (Lipinski definition) is 2. The third-order valence-corrected chi connectivity index (χ3v) is 2.35. The van der Waals surface area contributed by atoms with Crippen molar-refractivity contribution >= 4 is 23.4 Å². The Kier molecular flexibility index (Phi) is 3.42. The number of esters is 1. The van der Waals surface area contributed by atoms with Crippen LogP contribution in [0.1, 0.15) is 10.4 Å². The number of methoxy groups -OCH3 is 1. The van der Waals surface area contributed by atoms with Crippen LogP contribution in [0.15, 0.2) is 17.0 Å². The van der Waals surface area contributed by atoms with E-state index in [4.69, 9.17) is 11.0 Å². The molecule has 1 aromatic rings. The number of nitriles is 1. The van der Waals surface area contributed by atoms with Gasteiger partial charge < -0.3 is 15.6 Å². The number of nitrogens with two attached hydrogens (primary N) is 1. The molecule has 0 spiro atoms. The van der Waals surface area contributed by atoms with Crippen LogP contribution in [-0.4, -0.2) is 18.2 Å². The van der Waals surface area contributed by atoms with Crippen LogP contribution in [0.5, 0.6) is 5.75 Å². The fourth-order valence-electron chi connectivity index (χ4n) is 0.996. The lowest BCUT2D eigenvalue weighted by Crippen LogP contribution is -2.02. The highest BCUT2D eigenvalue weighted by molar-refractivity contribution is 8.03. The Labute approximate surface area is 90.5 Å². The van der Waals surface area contributed by atoms with Crippen molar-refractivity contribution in [1.29, 1.82) is 5.26 Å². The zero-order valence-corrected chi connectivity index (χ0v) is 8.67. The number of thiocyanates is 1. The molecule has 0 aliphatic carbocycles. The Hall–Kier alpha value is -1.87. The summed E-state index contributed by atoms with van der Waals surface area (Å²) >= 11 is 0.814. The van der Waals surface area contributed by atoms with Gasteiger partial charge in [-0.05, 0) is 17.8 Å². The molecule has 5 nitrogen and oxygen atoms in total. The fourth-order valence-corrected chi connectivity index (χ4v) is 1.45. The number of nitrogen functional groups attached to an aromatic ring is 1. The Bertz CT molecular complexity index is 440. The molecule has 78 valence electrons. The van der Waals surface area contributed by atoms with Crippen molar-refractivity contribution < 1.29 is 14.6 Å². The van der Waals surface area contributed by atoms with Crippen LogP contribution in [0.2, 0.25) is 0 Å². The minimum atomic E-state index is -0.674. The summed E-state index contributed by atoms with van der Waals surface area (Å²) in [6.45, 7) is 0. The molecule has 0 saturated carbocycles. The summed E-state index contributed by atoms with van der Waals surface area (Å²) in [5.41, 5.74) is 5.77. The molecule has 0 amide bonds. The summed E-state index contributed by atoms with van der Waals surface area (Å²) in [5.74, 6) is -0.936. The number of thioether (sulfide) groups is 1. The van der Waals surface area contributed by atoms with Crippen LogP contribution in [0.25, 0.3) is 0 Å². The highest BCUT2D eigenvalue weighted by Gasteiger charge is 2.14. The summed E-state index contributed by atoms with van der Waals surface area (Å²) < 4.78 is 4.46. The van der Waals surface area contributed by atoms with Gasteiger partial charge in [-0.2, -0.15) is 5.26 Å². The third-order valence-electron chi connectivity index (χ3n) is 1.69. The molecule has 3 N–H and O–H groups in total. The zero-order chi connectivity index (χ0) is 11.4. The number of carbonyl (C=O) groups excluding carboxylic acids is 1. The van der Waals surface area contributed by atoms with Gasteiger partial charge in [0.05, 0.1) is 12.8 Å². The molecule has 6 heteroatoms. The van der Waals surface area contributed by atoms with E-state index in [1.54, 1.807) is 0 Å².